The summed E-state index contributed by atoms with van der Waals surface area (Å²) < 4.78 is 33.4. The van der Waals surface area contributed by atoms with Gasteiger partial charge < -0.3 is 15.4 Å². The van der Waals surface area contributed by atoms with E-state index in [-0.39, 0.29) is 23.2 Å². The fourth-order valence-corrected chi connectivity index (χ4v) is 5.00. The topological polar surface area (TPSA) is 96.5 Å². The van der Waals surface area contributed by atoms with Crippen LogP contribution in [-0.4, -0.2) is 46.7 Å². The minimum atomic E-state index is -3.69. The molecule has 1 heterocycles. The van der Waals surface area contributed by atoms with Gasteiger partial charge >= 0.3 is 0 Å². The molecule has 0 bridgehead atoms. The maximum Gasteiger partial charge on any atom is 0.241 e. The zero-order chi connectivity index (χ0) is 20.3. The first-order valence-electron chi connectivity index (χ1n) is 9.15. The average Bonchev–Trinajstić information content (AvgIpc) is 2.55. The summed E-state index contributed by atoms with van der Waals surface area (Å²) in [6, 6.07) is 4.95. The summed E-state index contributed by atoms with van der Waals surface area (Å²) in [5, 5.41) is 6.15. The maximum absolute atomic E-state index is 13.0. The zero-order valence-corrected chi connectivity index (χ0v) is 18.9. The van der Waals surface area contributed by atoms with Crippen molar-refractivity contribution in [2.24, 2.45) is 5.41 Å². The van der Waals surface area contributed by atoms with E-state index in [4.69, 9.17) is 4.74 Å². The van der Waals surface area contributed by atoms with Gasteiger partial charge in [0.15, 0.2) is 0 Å². The Morgan fingerprint density at radius 3 is 2.39 bits per heavy atom. The van der Waals surface area contributed by atoms with Crippen LogP contribution in [0.5, 0.6) is 0 Å². The number of hydrogen-bond acceptors (Lipinski definition) is 5. The first-order valence-corrected chi connectivity index (χ1v) is 10.6. The molecule has 0 aromatic heterocycles. The van der Waals surface area contributed by atoms with Crippen molar-refractivity contribution >= 4 is 34.0 Å². The van der Waals surface area contributed by atoms with Gasteiger partial charge in [-0.3, -0.25) is 4.79 Å². The standard InChI is InChI=1S/C19H31N3O4S.ClH/c1-14-6-7-15(12-16(14)27(24,25)22-18(2,3)4)21-17(23)19(13-26-5)8-10-20-11-9-19;/h6-7,12,20,22H,8-11,13H2,1-5H3,(H,21,23);1H. The lowest BCUT2D eigenvalue weighted by Crippen LogP contribution is -2.47. The normalized spacial score (nSPS) is 16.9. The SMILES string of the molecule is COCC1(C(=O)Nc2ccc(C)c(S(=O)(=O)NC(C)(C)C)c2)CCNCC1.Cl. The number of rotatable bonds is 6. The Bertz CT molecular complexity index is 779. The zero-order valence-electron chi connectivity index (χ0n) is 17.2. The molecule has 2 rings (SSSR count). The van der Waals surface area contributed by atoms with E-state index in [2.05, 4.69) is 15.4 Å². The van der Waals surface area contributed by atoms with Gasteiger partial charge in [0, 0.05) is 18.3 Å². The van der Waals surface area contributed by atoms with Crippen LogP contribution < -0.4 is 15.4 Å². The Morgan fingerprint density at radius 2 is 1.86 bits per heavy atom. The highest BCUT2D eigenvalue weighted by atomic mass is 35.5. The third-order valence-electron chi connectivity index (χ3n) is 4.64. The largest absolute Gasteiger partial charge is 0.384 e. The smallest absolute Gasteiger partial charge is 0.241 e. The van der Waals surface area contributed by atoms with E-state index in [1.54, 1.807) is 46.9 Å². The third-order valence-corrected chi connectivity index (χ3v) is 6.54. The predicted molar refractivity (Wildman–Crippen MR) is 114 cm³/mol. The van der Waals surface area contributed by atoms with Crippen LogP contribution in [-0.2, 0) is 19.6 Å². The van der Waals surface area contributed by atoms with Crippen molar-refractivity contribution in [1.29, 1.82) is 0 Å². The van der Waals surface area contributed by atoms with E-state index in [1.165, 1.54) is 6.07 Å². The van der Waals surface area contributed by atoms with E-state index in [0.717, 1.165) is 13.1 Å². The molecule has 7 nitrogen and oxygen atoms in total. The van der Waals surface area contributed by atoms with Crippen LogP contribution in [0.1, 0.15) is 39.2 Å². The molecule has 160 valence electrons. The quantitative estimate of drug-likeness (QED) is 0.640. The number of ether oxygens (including phenoxy) is 1. The van der Waals surface area contributed by atoms with Crippen molar-refractivity contribution < 1.29 is 17.9 Å². The van der Waals surface area contributed by atoms with Gasteiger partial charge in [0.25, 0.3) is 0 Å². The summed E-state index contributed by atoms with van der Waals surface area (Å²) in [5.74, 6) is -0.137. The molecule has 0 atom stereocenters. The summed E-state index contributed by atoms with van der Waals surface area (Å²) in [7, 11) is -2.10. The summed E-state index contributed by atoms with van der Waals surface area (Å²) in [6.07, 6.45) is 1.35. The van der Waals surface area contributed by atoms with Crippen molar-refractivity contribution in [3.63, 3.8) is 0 Å². The molecule has 0 spiro atoms. The average molecular weight is 434 g/mol. The fraction of sp³-hybridized carbons (Fsp3) is 0.632. The monoisotopic (exact) mass is 433 g/mol. The molecule has 9 heteroatoms. The predicted octanol–water partition coefficient (Wildman–Crippen LogP) is 2.45. The molecule has 0 aliphatic carbocycles. The van der Waals surface area contributed by atoms with E-state index in [0.29, 0.717) is 30.7 Å². The summed E-state index contributed by atoms with van der Waals surface area (Å²) >= 11 is 0. The second-order valence-corrected chi connectivity index (χ2v) is 9.90. The molecule has 0 radical (unpaired) electrons. The molecule has 1 amide bonds. The van der Waals surface area contributed by atoms with E-state index < -0.39 is 21.0 Å². The number of benzene rings is 1. The van der Waals surface area contributed by atoms with Crippen LogP contribution in [0, 0.1) is 12.3 Å². The molecule has 0 saturated carbocycles. The second kappa shape index (κ2) is 9.54. The number of halogens is 1. The number of anilines is 1. The number of methoxy groups -OCH3 is 1. The molecule has 1 fully saturated rings. The van der Waals surface area contributed by atoms with E-state index >= 15 is 0 Å². The maximum atomic E-state index is 13.0. The van der Waals surface area contributed by atoms with Crippen LogP contribution in [0.25, 0.3) is 0 Å². The second-order valence-electron chi connectivity index (χ2n) is 8.25. The van der Waals surface area contributed by atoms with E-state index in [1.807, 2.05) is 0 Å². The molecular formula is C19H32ClN3O4S. The van der Waals surface area contributed by atoms with Gasteiger partial charge in [0.2, 0.25) is 15.9 Å². The Labute approximate surface area is 174 Å². The van der Waals surface area contributed by atoms with Crippen LogP contribution in [0.4, 0.5) is 5.69 Å². The number of sulfonamides is 1. The lowest BCUT2D eigenvalue weighted by Gasteiger charge is -2.35. The van der Waals surface area contributed by atoms with Gasteiger partial charge in [-0.1, -0.05) is 6.07 Å². The Balaban J connectivity index is 0.00000392. The van der Waals surface area contributed by atoms with Crippen molar-refractivity contribution in [3.05, 3.63) is 23.8 Å². The van der Waals surface area contributed by atoms with Gasteiger partial charge in [0.05, 0.1) is 16.9 Å². The van der Waals surface area contributed by atoms with Crippen LogP contribution in [0.3, 0.4) is 0 Å². The molecule has 1 aromatic carbocycles. The molecule has 28 heavy (non-hydrogen) atoms. The number of piperidine rings is 1. The third kappa shape index (κ3) is 6.15. The highest BCUT2D eigenvalue weighted by molar-refractivity contribution is 7.89. The number of hydrogen-bond donors (Lipinski definition) is 3. The van der Waals surface area contributed by atoms with Crippen LogP contribution in [0.2, 0.25) is 0 Å². The van der Waals surface area contributed by atoms with Crippen molar-refractivity contribution in [1.82, 2.24) is 10.0 Å². The first-order chi connectivity index (χ1) is 12.5. The molecule has 1 aromatic rings. The Hall–Kier alpha value is -1.19. The van der Waals surface area contributed by atoms with Crippen molar-refractivity contribution in [2.45, 2.75) is 51.0 Å². The lowest BCUT2D eigenvalue weighted by molar-refractivity contribution is -0.130. The summed E-state index contributed by atoms with van der Waals surface area (Å²) in [4.78, 5) is 13.1. The summed E-state index contributed by atoms with van der Waals surface area (Å²) in [6.45, 7) is 8.94. The number of aryl methyl sites for hydroxylation is 1. The minimum absolute atomic E-state index is 0. The highest BCUT2D eigenvalue weighted by Gasteiger charge is 2.39. The van der Waals surface area contributed by atoms with Gasteiger partial charge in [-0.25, -0.2) is 13.1 Å². The molecule has 0 unspecified atom stereocenters. The fourth-order valence-electron chi connectivity index (χ4n) is 3.31. The number of nitrogens with one attached hydrogen (secondary N) is 3. The van der Waals surface area contributed by atoms with Gasteiger partial charge in [0.1, 0.15) is 0 Å². The molecular weight excluding hydrogens is 402 g/mol. The molecule has 1 saturated heterocycles. The number of carbonyl (C=O) groups is 1. The van der Waals surface area contributed by atoms with Crippen molar-refractivity contribution in [3.8, 4) is 0 Å². The van der Waals surface area contributed by atoms with Crippen LogP contribution >= 0.6 is 12.4 Å². The number of carbonyl (C=O) groups excluding carboxylic acids is 1. The van der Waals surface area contributed by atoms with Gasteiger partial charge in [-0.05, 0) is 71.3 Å². The summed E-state index contributed by atoms with van der Waals surface area (Å²) in [5.41, 5.74) is -0.109. The van der Waals surface area contributed by atoms with Crippen LogP contribution in [0.15, 0.2) is 23.1 Å². The molecule has 1 aliphatic rings. The number of amides is 1. The Morgan fingerprint density at radius 1 is 1.25 bits per heavy atom. The Kier molecular flexibility index (Phi) is 8.47. The van der Waals surface area contributed by atoms with Gasteiger partial charge in [-0.2, -0.15) is 0 Å². The minimum Gasteiger partial charge on any atom is -0.384 e. The van der Waals surface area contributed by atoms with Crippen molar-refractivity contribution in [2.75, 3.05) is 32.1 Å². The molecule has 1 aliphatic heterocycles. The first kappa shape index (κ1) is 24.8. The van der Waals surface area contributed by atoms with Gasteiger partial charge in [-0.15, -0.1) is 12.4 Å². The molecule has 3 N–H and O–H groups in total. The highest BCUT2D eigenvalue weighted by Crippen LogP contribution is 2.31. The van der Waals surface area contributed by atoms with E-state index in [9.17, 15) is 13.2 Å². The lowest BCUT2D eigenvalue weighted by atomic mass is 9.78.